The number of benzene rings is 2. The highest BCUT2D eigenvalue weighted by Crippen LogP contribution is 2.39. The van der Waals surface area contributed by atoms with E-state index in [2.05, 4.69) is 0 Å². The molecule has 1 amide bonds. The Balaban J connectivity index is 2.16. The lowest BCUT2D eigenvalue weighted by molar-refractivity contribution is -0.384. The molecule has 0 aromatic heterocycles. The summed E-state index contributed by atoms with van der Waals surface area (Å²) in [5.74, 6) is -2.69. The third-order valence-electron chi connectivity index (χ3n) is 4.84. The standard InChI is InChI=1S/C21H20FN3O5/c1-23(2)10-11-24-18(13-6-8-15(22)9-7-13)17(20(27)21(24)28)19(26)14-4-3-5-16(12-14)25(29)30/h3-9,12,18,26H,10-11H2,1-2H3/b19-17-. The SMILES string of the molecule is CN(C)CCN1C(=O)C(=O)/C(=C(\O)c2cccc([N+](=O)[O-])c2)C1c1ccc(F)cc1. The first-order chi connectivity index (χ1) is 14.2. The Morgan fingerprint density at radius 1 is 1.20 bits per heavy atom. The average Bonchev–Trinajstić information content (AvgIpc) is 2.97. The molecular formula is C21H20FN3O5. The van der Waals surface area contributed by atoms with E-state index in [0.29, 0.717) is 12.1 Å². The monoisotopic (exact) mass is 413 g/mol. The molecule has 1 fully saturated rings. The molecule has 1 atom stereocenters. The lowest BCUT2D eigenvalue weighted by Crippen LogP contribution is -2.35. The number of nitrogens with zero attached hydrogens (tertiary/aromatic N) is 3. The van der Waals surface area contributed by atoms with Gasteiger partial charge in [0.1, 0.15) is 11.6 Å². The molecule has 156 valence electrons. The Hall–Kier alpha value is -3.59. The minimum atomic E-state index is -0.940. The number of Topliss-reactive ketones (excluding diaryl/α,β-unsaturated/α-hetero) is 1. The number of nitro benzene ring substituents is 1. The molecule has 9 heteroatoms. The van der Waals surface area contributed by atoms with Crippen LogP contribution in [0, 0.1) is 15.9 Å². The fourth-order valence-electron chi connectivity index (χ4n) is 3.33. The molecule has 2 aromatic rings. The summed E-state index contributed by atoms with van der Waals surface area (Å²) in [4.78, 5) is 39.1. The molecule has 0 spiro atoms. The summed E-state index contributed by atoms with van der Waals surface area (Å²) in [7, 11) is 3.62. The maximum atomic E-state index is 13.4. The summed E-state index contributed by atoms with van der Waals surface area (Å²) in [6.45, 7) is 0.660. The highest BCUT2D eigenvalue weighted by atomic mass is 19.1. The second-order valence-electron chi connectivity index (χ2n) is 7.15. The van der Waals surface area contributed by atoms with Crippen LogP contribution in [0.15, 0.2) is 54.1 Å². The summed E-state index contributed by atoms with van der Waals surface area (Å²) >= 11 is 0. The largest absolute Gasteiger partial charge is 0.507 e. The fourth-order valence-corrected chi connectivity index (χ4v) is 3.33. The number of non-ortho nitro benzene ring substituents is 1. The van der Waals surface area contributed by atoms with Crippen molar-refractivity contribution in [3.63, 3.8) is 0 Å². The van der Waals surface area contributed by atoms with Crippen LogP contribution in [0.5, 0.6) is 0 Å². The molecule has 8 nitrogen and oxygen atoms in total. The van der Waals surface area contributed by atoms with Crippen molar-refractivity contribution in [3.05, 3.63) is 81.2 Å². The summed E-state index contributed by atoms with van der Waals surface area (Å²) in [5.41, 5.74) is 0.0355. The maximum absolute atomic E-state index is 13.4. The molecule has 1 N–H and O–H groups in total. The van der Waals surface area contributed by atoms with Gasteiger partial charge >= 0.3 is 0 Å². The van der Waals surface area contributed by atoms with Gasteiger partial charge in [0.25, 0.3) is 17.4 Å². The van der Waals surface area contributed by atoms with E-state index < -0.39 is 34.2 Å². The first-order valence-electron chi connectivity index (χ1n) is 9.14. The van der Waals surface area contributed by atoms with Crippen LogP contribution in [0.3, 0.4) is 0 Å². The third-order valence-corrected chi connectivity index (χ3v) is 4.84. The van der Waals surface area contributed by atoms with Gasteiger partial charge in [0.15, 0.2) is 0 Å². The van der Waals surface area contributed by atoms with Crippen LogP contribution < -0.4 is 0 Å². The number of aliphatic hydroxyl groups is 1. The van der Waals surface area contributed by atoms with Gasteiger partial charge in [-0.1, -0.05) is 24.3 Å². The van der Waals surface area contributed by atoms with E-state index in [9.17, 15) is 29.2 Å². The van der Waals surface area contributed by atoms with E-state index in [4.69, 9.17) is 0 Å². The van der Waals surface area contributed by atoms with Crippen molar-refractivity contribution < 1.29 is 24.0 Å². The summed E-state index contributed by atoms with van der Waals surface area (Å²) < 4.78 is 13.4. The van der Waals surface area contributed by atoms with Gasteiger partial charge in [-0.2, -0.15) is 0 Å². The van der Waals surface area contributed by atoms with E-state index in [1.807, 2.05) is 19.0 Å². The molecule has 1 aliphatic rings. The highest BCUT2D eigenvalue weighted by Gasteiger charge is 2.45. The number of nitro groups is 1. The second-order valence-corrected chi connectivity index (χ2v) is 7.15. The zero-order chi connectivity index (χ0) is 22.0. The molecule has 1 heterocycles. The first-order valence-corrected chi connectivity index (χ1v) is 9.14. The number of hydrogen-bond donors (Lipinski definition) is 1. The lowest BCUT2D eigenvalue weighted by atomic mass is 9.95. The van der Waals surface area contributed by atoms with Gasteiger partial charge < -0.3 is 14.9 Å². The summed E-state index contributed by atoms with van der Waals surface area (Å²) in [6, 6.07) is 9.52. The molecule has 1 aliphatic heterocycles. The van der Waals surface area contributed by atoms with Gasteiger partial charge in [-0.05, 0) is 31.8 Å². The molecule has 30 heavy (non-hydrogen) atoms. The van der Waals surface area contributed by atoms with Crippen molar-refractivity contribution in [2.45, 2.75) is 6.04 Å². The second kappa shape index (κ2) is 8.42. The maximum Gasteiger partial charge on any atom is 0.295 e. The van der Waals surface area contributed by atoms with Crippen molar-refractivity contribution in [1.29, 1.82) is 0 Å². The molecule has 0 bridgehead atoms. The van der Waals surface area contributed by atoms with Gasteiger partial charge in [-0.25, -0.2) is 4.39 Å². The Morgan fingerprint density at radius 3 is 2.47 bits per heavy atom. The fraction of sp³-hybridized carbons (Fsp3) is 0.238. The number of ketones is 1. The lowest BCUT2D eigenvalue weighted by Gasteiger charge is -2.26. The normalized spacial score (nSPS) is 18.3. The van der Waals surface area contributed by atoms with Crippen molar-refractivity contribution in [2.24, 2.45) is 0 Å². The number of hydrogen-bond acceptors (Lipinski definition) is 6. The Labute approximate surface area is 172 Å². The van der Waals surface area contributed by atoms with Crippen molar-refractivity contribution in [2.75, 3.05) is 27.2 Å². The number of halogens is 1. The number of likely N-dealkylation sites (N-methyl/N-ethyl adjacent to an activating group) is 1. The quantitative estimate of drug-likeness (QED) is 0.257. The molecular weight excluding hydrogens is 393 g/mol. The number of amides is 1. The van der Waals surface area contributed by atoms with Crippen LogP contribution in [-0.4, -0.2) is 58.7 Å². The average molecular weight is 413 g/mol. The number of carbonyl (C=O) groups excluding carboxylic acids is 2. The van der Waals surface area contributed by atoms with Crippen LogP contribution >= 0.6 is 0 Å². The number of likely N-dealkylation sites (tertiary alicyclic amines) is 1. The van der Waals surface area contributed by atoms with E-state index in [0.717, 1.165) is 6.07 Å². The zero-order valence-corrected chi connectivity index (χ0v) is 16.4. The Morgan fingerprint density at radius 2 is 1.87 bits per heavy atom. The number of carbonyl (C=O) groups is 2. The van der Waals surface area contributed by atoms with Crippen LogP contribution in [0.1, 0.15) is 17.2 Å². The molecule has 1 saturated heterocycles. The van der Waals surface area contributed by atoms with Crippen molar-refractivity contribution in [3.8, 4) is 0 Å². The molecule has 3 rings (SSSR count). The smallest absolute Gasteiger partial charge is 0.295 e. The van der Waals surface area contributed by atoms with Crippen molar-refractivity contribution in [1.82, 2.24) is 9.80 Å². The van der Waals surface area contributed by atoms with E-state index in [-0.39, 0.29) is 23.4 Å². The first kappa shape index (κ1) is 21.1. The van der Waals surface area contributed by atoms with E-state index in [1.165, 1.54) is 47.4 Å². The molecule has 0 aliphatic carbocycles. The summed E-state index contributed by atoms with van der Waals surface area (Å²) in [5, 5.41) is 21.9. The summed E-state index contributed by atoms with van der Waals surface area (Å²) in [6.07, 6.45) is 0. The topological polar surface area (TPSA) is 104 Å². The predicted molar refractivity (Wildman–Crippen MR) is 107 cm³/mol. The minimum Gasteiger partial charge on any atom is -0.507 e. The van der Waals surface area contributed by atoms with E-state index >= 15 is 0 Å². The Bertz CT molecular complexity index is 1030. The van der Waals surface area contributed by atoms with Gasteiger partial charge in [0.05, 0.1) is 16.5 Å². The van der Waals surface area contributed by atoms with E-state index in [1.54, 1.807) is 0 Å². The molecule has 0 radical (unpaired) electrons. The molecule has 2 aromatic carbocycles. The van der Waals surface area contributed by atoms with Gasteiger partial charge in [0, 0.05) is 30.8 Å². The van der Waals surface area contributed by atoms with Crippen LogP contribution in [0.2, 0.25) is 0 Å². The zero-order valence-electron chi connectivity index (χ0n) is 16.4. The van der Waals surface area contributed by atoms with Gasteiger partial charge in [-0.3, -0.25) is 19.7 Å². The Kier molecular flexibility index (Phi) is 5.93. The van der Waals surface area contributed by atoms with Gasteiger partial charge in [-0.15, -0.1) is 0 Å². The van der Waals surface area contributed by atoms with Crippen LogP contribution in [0.25, 0.3) is 5.76 Å². The highest BCUT2D eigenvalue weighted by molar-refractivity contribution is 6.46. The predicted octanol–water partition coefficient (Wildman–Crippen LogP) is 2.72. The molecule has 0 saturated carbocycles. The van der Waals surface area contributed by atoms with Crippen LogP contribution in [0.4, 0.5) is 10.1 Å². The van der Waals surface area contributed by atoms with Gasteiger partial charge in [0.2, 0.25) is 0 Å². The molecule has 1 unspecified atom stereocenters. The number of rotatable bonds is 6. The third kappa shape index (κ3) is 4.06. The minimum absolute atomic E-state index is 0.0434. The van der Waals surface area contributed by atoms with Crippen LogP contribution in [-0.2, 0) is 9.59 Å². The van der Waals surface area contributed by atoms with Crippen molar-refractivity contribution >= 4 is 23.1 Å². The number of aliphatic hydroxyl groups excluding tert-OH is 1.